The second-order valence-corrected chi connectivity index (χ2v) is 9.09. The molecule has 1 atom stereocenters. The molecule has 33 heavy (non-hydrogen) atoms. The van der Waals surface area contributed by atoms with E-state index in [1.807, 2.05) is 44.2 Å². The van der Waals surface area contributed by atoms with Crippen LogP contribution in [0.15, 0.2) is 60.7 Å². The van der Waals surface area contributed by atoms with Crippen LogP contribution in [0.5, 0.6) is 0 Å². The van der Waals surface area contributed by atoms with Crippen molar-refractivity contribution in [2.75, 3.05) is 16.0 Å². The van der Waals surface area contributed by atoms with Crippen LogP contribution in [0.4, 0.5) is 17.1 Å². The second kappa shape index (κ2) is 9.07. The van der Waals surface area contributed by atoms with Gasteiger partial charge in [-0.1, -0.05) is 42.0 Å². The van der Waals surface area contributed by atoms with Crippen LogP contribution in [-0.4, -0.2) is 22.5 Å². The van der Waals surface area contributed by atoms with Crippen LogP contribution in [0.3, 0.4) is 0 Å². The summed E-state index contributed by atoms with van der Waals surface area (Å²) in [6.45, 7) is 5.62. The predicted octanol–water partition coefficient (Wildman–Crippen LogP) is 5.55. The fourth-order valence-corrected chi connectivity index (χ4v) is 5.16. The normalized spacial score (nSPS) is 15.5. The Labute approximate surface area is 196 Å². The van der Waals surface area contributed by atoms with Crippen molar-refractivity contribution < 1.29 is 14.5 Å². The van der Waals surface area contributed by atoms with Gasteiger partial charge >= 0.3 is 0 Å². The molecule has 1 fully saturated rings. The number of nitro groups is 1. The summed E-state index contributed by atoms with van der Waals surface area (Å²) in [4.78, 5) is 38.3. The number of nitrogens with zero attached hydrogens (tertiary/aromatic N) is 2. The Kier molecular flexibility index (Phi) is 6.20. The lowest BCUT2D eigenvalue weighted by Crippen LogP contribution is -2.29. The molecule has 1 unspecified atom stereocenters. The zero-order chi connectivity index (χ0) is 23.7. The number of benzene rings is 3. The SMILES string of the molecule is Cc1ccc(N2C(=O)CSC2c2ccccc2NC(=O)c2ccc(C)c([N+](=O)[O-])c2)c(C)c1. The summed E-state index contributed by atoms with van der Waals surface area (Å²) in [7, 11) is 0. The molecule has 4 rings (SSSR count). The third-order valence-electron chi connectivity index (χ3n) is 5.62. The van der Waals surface area contributed by atoms with Gasteiger partial charge in [0.05, 0.1) is 10.7 Å². The zero-order valence-electron chi connectivity index (χ0n) is 18.5. The molecule has 8 heteroatoms. The van der Waals surface area contributed by atoms with Crippen molar-refractivity contribution in [3.8, 4) is 0 Å². The molecule has 1 saturated heterocycles. The number of thioether (sulfide) groups is 1. The van der Waals surface area contributed by atoms with Crippen molar-refractivity contribution in [1.29, 1.82) is 0 Å². The van der Waals surface area contributed by atoms with Crippen LogP contribution >= 0.6 is 11.8 Å². The third-order valence-corrected chi connectivity index (χ3v) is 6.82. The Bertz CT molecular complexity index is 1270. The molecule has 0 aromatic heterocycles. The topological polar surface area (TPSA) is 92.6 Å². The van der Waals surface area contributed by atoms with Gasteiger partial charge in [0.25, 0.3) is 11.6 Å². The summed E-state index contributed by atoms with van der Waals surface area (Å²) in [5.41, 5.74) is 4.91. The predicted molar refractivity (Wildman–Crippen MR) is 131 cm³/mol. The van der Waals surface area contributed by atoms with Crippen molar-refractivity contribution in [2.24, 2.45) is 0 Å². The van der Waals surface area contributed by atoms with Gasteiger partial charge in [-0.25, -0.2) is 0 Å². The van der Waals surface area contributed by atoms with Crippen molar-refractivity contribution in [2.45, 2.75) is 26.1 Å². The fourth-order valence-electron chi connectivity index (χ4n) is 3.96. The van der Waals surface area contributed by atoms with Gasteiger partial charge in [0, 0.05) is 34.1 Å². The van der Waals surface area contributed by atoms with Gasteiger partial charge < -0.3 is 5.32 Å². The largest absolute Gasteiger partial charge is 0.322 e. The second-order valence-electron chi connectivity index (χ2n) is 8.02. The van der Waals surface area contributed by atoms with Crippen LogP contribution in [0.25, 0.3) is 0 Å². The standard InChI is InChI=1S/C25H23N3O4S/c1-15-8-11-21(17(3)12-15)27-23(29)14-33-25(27)19-6-4-5-7-20(19)26-24(30)18-10-9-16(2)22(13-18)28(31)32/h4-13,25H,14H2,1-3H3,(H,26,30). The molecule has 1 aliphatic rings. The summed E-state index contributed by atoms with van der Waals surface area (Å²) in [6.07, 6.45) is 0. The van der Waals surface area contributed by atoms with Gasteiger partial charge in [0.15, 0.2) is 0 Å². The molecule has 0 bridgehead atoms. The molecule has 0 radical (unpaired) electrons. The van der Waals surface area contributed by atoms with E-state index in [0.717, 1.165) is 22.4 Å². The van der Waals surface area contributed by atoms with Crippen LogP contribution < -0.4 is 10.2 Å². The number of hydrogen-bond donors (Lipinski definition) is 1. The van der Waals surface area contributed by atoms with Crippen molar-refractivity contribution in [3.63, 3.8) is 0 Å². The van der Waals surface area contributed by atoms with Gasteiger partial charge in [0.1, 0.15) is 5.37 Å². The van der Waals surface area contributed by atoms with E-state index in [2.05, 4.69) is 5.32 Å². The first-order chi connectivity index (χ1) is 15.8. The van der Waals surface area contributed by atoms with Crippen molar-refractivity contribution in [3.05, 3.63) is 98.6 Å². The first kappa shape index (κ1) is 22.5. The first-order valence-electron chi connectivity index (χ1n) is 10.4. The van der Waals surface area contributed by atoms with E-state index in [1.165, 1.54) is 17.8 Å². The lowest BCUT2D eigenvalue weighted by molar-refractivity contribution is -0.385. The molecule has 2 amide bonds. The maximum atomic E-state index is 13.0. The fraction of sp³-hybridized carbons (Fsp3) is 0.200. The van der Waals surface area contributed by atoms with E-state index in [-0.39, 0.29) is 22.5 Å². The number of hydrogen-bond acceptors (Lipinski definition) is 5. The Morgan fingerprint density at radius 3 is 2.55 bits per heavy atom. The minimum atomic E-state index is -0.497. The molecule has 7 nitrogen and oxygen atoms in total. The summed E-state index contributed by atoms with van der Waals surface area (Å²) >= 11 is 1.50. The minimum Gasteiger partial charge on any atom is -0.322 e. The number of carbonyl (C=O) groups is 2. The van der Waals surface area contributed by atoms with Gasteiger partial charge in [-0.2, -0.15) is 0 Å². The highest BCUT2D eigenvalue weighted by molar-refractivity contribution is 8.00. The Hall–Kier alpha value is -3.65. The highest BCUT2D eigenvalue weighted by Crippen LogP contribution is 2.45. The van der Waals surface area contributed by atoms with E-state index in [9.17, 15) is 19.7 Å². The monoisotopic (exact) mass is 461 g/mol. The highest BCUT2D eigenvalue weighted by Gasteiger charge is 2.36. The number of nitrogens with one attached hydrogen (secondary N) is 1. The highest BCUT2D eigenvalue weighted by atomic mass is 32.2. The van der Waals surface area contributed by atoms with Crippen molar-refractivity contribution in [1.82, 2.24) is 0 Å². The maximum Gasteiger partial charge on any atom is 0.273 e. The quantitative estimate of drug-likeness (QED) is 0.397. The number of aryl methyl sites for hydroxylation is 3. The number of para-hydroxylation sites is 1. The van der Waals surface area contributed by atoms with Gasteiger partial charge in [-0.05, 0) is 44.5 Å². The Balaban J connectivity index is 1.67. The smallest absolute Gasteiger partial charge is 0.273 e. The first-order valence-corrected chi connectivity index (χ1v) is 11.5. The molecule has 3 aromatic carbocycles. The number of nitro benzene ring substituents is 1. The molecule has 1 aliphatic heterocycles. The number of rotatable bonds is 5. The number of anilines is 2. The van der Waals surface area contributed by atoms with E-state index >= 15 is 0 Å². The van der Waals surface area contributed by atoms with Gasteiger partial charge in [-0.3, -0.25) is 24.6 Å². The van der Waals surface area contributed by atoms with E-state index in [1.54, 1.807) is 36.1 Å². The van der Waals surface area contributed by atoms with Crippen LogP contribution in [0, 0.1) is 30.9 Å². The molecule has 3 aromatic rings. The Morgan fingerprint density at radius 1 is 1.06 bits per heavy atom. The average Bonchev–Trinajstić information content (AvgIpc) is 3.15. The van der Waals surface area contributed by atoms with Gasteiger partial charge in [0.2, 0.25) is 5.91 Å². The van der Waals surface area contributed by atoms with Crippen LogP contribution in [-0.2, 0) is 4.79 Å². The molecular weight excluding hydrogens is 438 g/mol. The number of carbonyl (C=O) groups excluding carboxylic acids is 2. The average molecular weight is 462 g/mol. The molecule has 1 heterocycles. The van der Waals surface area contributed by atoms with E-state index in [0.29, 0.717) is 17.0 Å². The summed E-state index contributed by atoms with van der Waals surface area (Å²) in [5.74, 6) is -0.102. The van der Waals surface area contributed by atoms with E-state index < -0.39 is 10.8 Å². The molecule has 1 N–H and O–H groups in total. The summed E-state index contributed by atoms with van der Waals surface area (Å²) < 4.78 is 0. The summed E-state index contributed by atoms with van der Waals surface area (Å²) in [6, 6.07) is 17.7. The molecule has 0 aliphatic carbocycles. The third kappa shape index (κ3) is 4.47. The minimum absolute atomic E-state index is 0.00671. The maximum absolute atomic E-state index is 13.0. The lowest BCUT2D eigenvalue weighted by atomic mass is 10.1. The number of amides is 2. The van der Waals surface area contributed by atoms with Crippen LogP contribution in [0.1, 0.15) is 38.0 Å². The summed E-state index contributed by atoms with van der Waals surface area (Å²) in [5, 5.41) is 13.9. The Morgan fingerprint density at radius 2 is 1.82 bits per heavy atom. The zero-order valence-corrected chi connectivity index (χ0v) is 19.3. The molecule has 0 spiro atoms. The van der Waals surface area contributed by atoms with Crippen LogP contribution in [0.2, 0.25) is 0 Å². The van der Waals surface area contributed by atoms with E-state index in [4.69, 9.17) is 0 Å². The molecule has 168 valence electrons. The lowest BCUT2D eigenvalue weighted by Gasteiger charge is -2.27. The molecular formula is C25H23N3O4S. The van der Waals surface area contributed by atoms with Gasteiger partial charge in [-0.15, -0.1) is 11.8 Å². The van der Waals surface area contributed by atoms with Crippen molar-refractivity contribution >= 4 is 40.6 Å². The molecule has 0 saturated carbocycles.